The van der Waals surface area contributed by atoms with Crippen LogP contribution in [0.2, 0.25) is 0 Å². The monoisotopic (exact) mass is 287 g/mol. The second-order valence-corrected chi connectivity index (χ2v) is 6.31. The molecule has 4 nitrogen and oxygen atoms in total. The lowest BCUT2D eigenvalue weighted by atomic mass is 10.0. The van der Waals surface area contributed by atoms with Crippen molar-refractivity contribution in [1.29, 1.82) is 0 Å². The van der Waals surface area contributed by atoms with Crippen molar-refractivity contribution in [3.05, 3.63) is 4.88 Å². The molecule has 102 valence electrons. The number of carbonyl (C=O) groups excluding carboxylic acids is 1. The Morgan fingerprint density at radius 3 is 2.50 bits per heavy atom. The van der Waals surface area contributed by atoms with Gasteiger partial charge in [0.25, 0.3) is 5.91 Å². The highest BCUT2D eigenvalue weighted by Gasteiger charge is 2.21. The fourth-order valence-electron chi connectivity index (χ4n) is 1.82. The van der Waals surface area contributed by atoms with E-state index in [0.29, 0.717) is 22.5 Å². The molecule has 6 heteroatoms. The van der Waals surface area contributed by atoms with Gasteiger partial charge in [0.05, 0.1) is 10.6 Å². The third kappa shape index (κ3) is 3.11. The number of primary amides is 1. The first-order valence-electron chi connectivity index (χ1n) is 5.94. The number of nitrogen functional groups attached to an aromatic ring is 1. The van der Waals surface area contributed by atoms with E-state index < -0.39 is 5.91 Å². The van der Waals surface area contributed by atoms with Gasteiger partial charge in [0.2, 0.25) is 0 Å². The first-order valence-corrected chi connectivity index (χ1v) is 7.99. The van der Waals surface area contributed by atoms with Crippen molar-refractivity contribution < 1.29 is 4.79 Å². The van der Waals surface area contributed by atoms with Gasteiger partial charge >= 0.3 is 0 Å². The fourth-order valence-corrected chi connectivity index (χ4v) is 3.75. The number of nitrogens with two attached hydrogens (primary N) is 2. The van der Waals surface area contributed by atoms with Crippen molar-refractivity contribution >= 4 is 39.7 Å². The number of rotatable bonds is 6. The zero-order chi connectivity index (χ0) is 13.9. The SMILES string of the molecule is CCC(Nc1sc(C(N)=O)c(N)c1SC)C(C)C. The van der Waals surface area contributed by atoms with Crippen molar-refractivity contribution in [1.82, 2.24) is 0 Å². The van der Waals surface area contributed by atoms with Crippen LogP contribution in [-0.2, 0) is 0 Å². The van der Waals surface area contributed by atoms with Crippen LogP contribution in [0, 0.1) is 5.92 Å². The Balaban J connectivity index is 3.08. The maximum atomic E-state index is 11.3. The lowest BCUT2D eigenvalue weighted by Crippen LogP contribution is -2.24. The molecule has 1 atom stereocenters. The van der Waals surface area contributed by atoms with Gasteiger partial charge in [-0.25, -0.2) is 0 Å². The lowest BCUT2D eigenvalue weighted by Gasteiger charge is -2.21. The summed E-state index contributed by atoms with van der Waals surface area (Å²) < 4.78 is 0. The molecule has 5 N–H and O–H groups in total. The van der Waals surface area contributed by atoms with Gasteiger partial charge in [0.1, 0.15) is 9.88 Å². The van der Waals surface area contributed by atoms with Gasteiger partial charge in [-0.15, -0.1) is 23.1 Å². The molecule has 1 aromatic heterocycles. The lowest BCUT2D eigenvalue weighted by molar-refractivity contribution is 0.100. The standard InChI is InChI=1S/C12H21N3OS2/c1-5-7(6(2)3)15-12-10(17-4)8(13)9(18-12)11(14)16/h6-7,15H,5,13H2,1-4H3,(H2,14,16). The normalized spacial score (nSPS) is 12.7. The Kier molecular flexibility index (Phi) is 5.34. The molecule has 0 radical (unpaired) electrons. The summed E-state index contributed by atoms with van der Waals surface area (Å²) in [5, 5.41) is 4.43. The fraction of sp³-hybridized carbons (Fsp3) is 0.583. The number of nitrogens with one attached hydrogen (secondary N) is 1. The van der Waals surface area contributed by atoms with Crippen molar-refractivity contribution in [2.24, 2.45) is 11.7 Å². The van der Waals surface area contributed by atoms with E-state index in [1.807, 2.05) is 6.26 Å². The van der Waals surface area contributed by atoms with E-state index in [1.165, 1.54) is 23.1 Å². The second kappa shape index (κ2) is 6.33. The Labute approximate surface area is 117 Å². The molecule has 0 aliphatic carbocycles. The van der Waals surface area contributed by atoms with Gasteiger partial charge in [-0.1, -0.05) is 20.8 Å². The molecule has 0 saturated carbocycles. The van der Waals surface area contributed by atoms with E-state index >= 15 is 0 Å². The Morgan fingerprint density at radius 2 is 2.11 bits per heavy atom. The van der Waals surface area contributed by atoms with Crippen LogP contribution in [0.25, 0.3) is 0 Å². The molecule has 1 rings (SSSR count). The predicted molar refractivity (Wildman–Crippen MR) is 81.6 cm³/mol. The Hall–Kier alpha value is -0.880. The molecule has 0 aromatic carbocycles. The van der Waals surface area contributed by atoms with Crippen LogP contribution >= 0.6 is 23.1 Å². The zero-order valence-corrected chi connectivity index (χ0v) is 12.9. The molecule has 1 unspecified atom stereocenters. The Bertz CT molecular complexity index is 429. The maximum Gasteiger partial charge on any atom is 0.261 e. The quantitative estimate of drug-likeness (QED) is 0.703. The molecule has 18 heavy (non-hydrogen) atoms. The van der Waals surface area contributed by atoms with Crippen LogP contribution in [0.5, 0.6) is 0 Å². The third-order valence-corrected chi connectivity index (χ3v) is 5.00. The highest BCUT2D eigenvalue weighted by molar-refractivity contribution is 7.99. The van der Waals surface area contributed by atoms with Crippen LogP contribution in [-0.4, -0.2) is 18.2 Å². The molecular weight excluding hydrogens is 266 g/mol. The van der Waals surface area contributed by atoms with E-state index in [0.717, 1.165) is 16.3 Å². The third-order valence-electron chi connectivity index (χ3n) is 2.89. The number of amides is 1. The number of hydrogen-bond acceptors (Lipinski definition) is 5. The Morgan fingerprint density at radius 1 is 1.50 bits per heavy atom. The van der Waals surface area contributed by atoms with Crippen molar-refractivity contribution in [3.63, 3.8) is 0 Å². The van der Waals surface area contributed by atoms with Crippen LogP contribution in [0.4, 0.5) is 10.7 Å². The molecule has 1 heterocycles. The summed E-state index contributed by atoms with van der Waals surface area (Å²) >= 11 is 2.89. The van der Waals surface area contributed by atoms with E-state index in [9.17, 15) is 4.79 Å². The smallest absolute Gasteiger partial charge is 0.261 e. The minimum atomic E-state index is -0.460. The minimum Gasteiger partial charge on any atom is -0.396 e. The van der Waals surface area contributed by atoms with Crippen molar-refractivity contribution in [3.8, 4) is 0 Å². The molecule has 0 fully saturated rings. The van der Waals surface area contributed by atoms with Crippen LogP contribution in [0.15, 0.2) is 4.90 Å². The summed E-state index contributed by atoms with van der Waals surface area (Å²) in [6, 6.07) is 0.370. The molecule has 1 aromatic rings. The number of hydrogen-bond donors (Lipinski definition) is 3. The minimum absolute atomic E-state index is 0.370. The predicted octanol–water partition coefficient (Wildman–Crippen LogP) is 3.00. The summed E-state index contributed by atoms with van der Waals surface area (Å²) in [5.41, 5.74) is 11.8. The first-order chi connectivity index (χ1) is 8.42. The van der Waals surface area contributed by atoms with Gasteiger partial charge in [0, 0.05) is 6.04 Å². The van der Waals surface area contributed by atoms with Crippen molar-refractivity contribution in [2.75, 3.05) is 17.3 Å². The first kappa shape index (κ1) is 15.2. The average molecular weight is 287 g/mol. The van der Waals surface area contributed by atoms with Gasteiger partial charge in [-0.2, -0.15) is 0 Å². The van der Waals surface area contributed by atoms with E-state index in [2.05, 4.69) is 26.1 Å². The number of carbonyl (C=O) groups is 1. The molecular formula is C12H21N3OS2. The topological polar surface area (TPSA) is 81.1 Å². The van der Waals surface area contributed by atoms with Crippen LogP contribution < -0.4 is 16.8 Å². The molecule has 0 aliphatic heterocycles. The van der Waals surface area contributed by atoms with E-state index in [1.54, 1.807) is 0 Å². The molecule has 0 aliphatic rings. The van der Waals surface area contributed by atoms with Gasteiger partial charge in [0.15, 0.2) is 0 Å². The zero-order valence-electron chi connectivity index (χ0n) is 11.2. The molecule has 0 spiro atoms. The average Bonchev–Trinajstić information content (AvgIpc) is 2.62. The number of anilines is 2. The van der Waals surface area contributed by atoms with Crippen LogP contribution in [0.3, 0.4) is 0 Å². The highest BCUT2D eigenvalue weighted by atomic mass is 32.2. The summed E-state index contributed by atoms with van der Waals surface area (Å²) in [6.07, 6.45) is 2.97. The molecule has 0 bridgehead atoms. The molecule has 0 saturated heterocycles. The van der Waals surface area contributed by atoms with E-state index in [4.69, 9.17) is 11.5 Å². The van der Waals surface area contributed by atoms with Gasteiger partial charge in [-0.3, -0.25) is 4.79 Å². The molecule has 1 amide bonds. The number of thiophene rings is 1. The summed E-state index contributed by atoms with van der Waals surface area (Å²) in [7, 11) is 0. The van der Waals surface area contributed by atoms with Gasteiger partial charge < -0.3 is 16.8 Å². The maximum absolute atomic E-state index is 11.3. The van der Waals surface area contributed by atoms with Crippen molar-refractivity contribution in [2.45, 2.75) is 38.1 Å². The largest absolute Gasteiger partial charge is 0.396 e. The second-order valence-electron chi connectivity index (χ2n) is 4.47. The summed E-state index contributed by atoms with van der Waals surface area (Å²) in [6.45, 7) is 6.49. The van der Waals surface area contributed by atoms with Gasteiger partial charge in [-0.05, 0) is 18.6 Å². The van der Waals surface area contributed by atoms with E-state index in [-0.39, 0.29) is 0 Å². The highest BCUT2D eigenvalue weighted by Crippen LogP contribution is 2.42. The van der Waals surface area contributed by atoms with Crippen LogP contribution in [0.1, 0.15) is 36.9 Å². The summed E-state index contributed by atoms with van der Waals surface area (Å²) in [4.78, 5) is 12.7. The number of thioether (sulfide) groups is 1. The summed E-state index contributed by atoms with van der Waals surface area (Å²) in [5.74, 6) is 0.0588.